The van der Waals surface area contributed by atoms with Crippen LogP contribution in [0.5, 0.6) is 11.5 Å². The lowest BCUT2D eigenvalue weighted by atomic mass is 9.85. The molecular formula is C24H26N2O3S. The lowest BCUT2D eigenvalue weighted by Gasteiger charge is -2.39. The van der Waals surface area contributed by atoms with Crippen molar-refractivity contribution < 1.29 is 14.3 Å². The van der Waals surface area contributed by atoms with Crippen LogP contribution in [0, 0.1) is 0 Å². The Morgan fingerprint density at radius 1 is 1.10 bits per heavy atom. The normalized spacial score (nSPS) is 18.7. The summed E-state index contributed by atoms with van der Waals surface area (Å²) < 4.78 is 11.9. The summed E-state index contributed by atoms with van der Waals surface area (Å²) >= 11 is 5.53. The maximum absolute atomic E-state index is 12.8. The van der Waals surface area contributed by atoms with E-state index in [1.807, 2.05) is 67.4 Å². The maximum Gasteiger partial charge on any atom is 0.173 e. The predicted octanol–water partition coefficient (Wildman–Crippen LogP) is 4.53. The van der Waals surface area contributed by atoms with E-state index in [1.54, 1.807) is 0 Å². The van der Waals surface area contributed by atoms with Crippen LogP contribution in [0.1, 0.15) is 43.4 Å². The summed E-state index contributed by atoms with van der Waals surface area (Å²) in [6, 6.07) is 15.6. The Bertz CT molecular complexity index is 987. The molecule has 0 aromatic heterocycles. The van der Waals surface area contributed by atoms with Gasteiger partial charge in [-0.2, -0.15) is 0 Å². The zero-order chi connectivity index (χ0) is 21.1. The highest BCUT2D eigenvalue weighted by Crippen LogP contribution is 2.39. The molecule has 0 spiro atoms. The van der Waals surface area contributed by atoms with Crippen molar-refractivity contribution in [2.45, 2.75) is 38.8 Å². The van der Waals surface area contributed by atoms with E-state index >= 15 is 0 Å². The highest BCUT2D eigenvalue weighted by Gasteiger charge is 2.36. The number of allylic oxidation sites excluding steroid dienone is 1. The number of nitrogens with zero attached hydrogens (tertiary/aromatic N) is 1. The molecular weight excluding hydrogens is 396 g/mol. The SMILES string of the molecule is CCOc1cc(C2NC(=S)N(C)C3=C2C(=O)CCC3)ccc1OCc1ccccc1. The van der Waals surface area contributed by atoms with Gasteiger partial charge in [0.15, 0.2) is 22.4 Å². The molecule has 2 aromatic rings. The number of ketones is 1. The fourth-order valence-electron chi connectivity index (χ4n) is 4.01. The second kappa shape index (κ2) is 8.88. The van der Waals surface area contributed by atoms with Gasteiger partial charge in [0, 0.05) is 24.7 Å². The molecule has 6 heteroatoms. The van der Waals surface area contributed by atoms with Crippen molar-refractivity contribution in [2.75, 3.05) is 13.7 Å². The molecule has 30 heavy (non-hydrogen) atoms. The summed E-state index contributed by atoms with van der Waals surface area (Å²) in [5.41, 5.74) is 3.89. The van der Waals surface area contributed by atoms with Gasteiger partial charge in [0.1, 0.15) is 6.61 Å². The number of nitrogens with one attached hydrogen (secondary N) is 1. The van der Waals surface area contributed by atoms with E-state index in [-0.39, 0.29) is 11.8 Å². The molecule has 1 unspecified atom stereocenters. The van der Waals surface area contributed by atoms with Crippen LogP contribution in [0.2, 0.25) is 0 Å². The lowest BCUT2D eigenvalue weighted by molar-refractivity contribution is -0.116. The second-order valence-corrected chi connectivity index (χ2v) is 7.88. The van der Waals surface area contributed by atoms with Crippen molar-refractivity contribution in [3.63, 3.8) is 0 Å². The zero-order valence-corrected chi connectivity index (χ0v) is 18.1. The van der Waals surface area contributed by atoms with Crippen molar-refractivity contribution in [3.8, 4) is 11.5 Å². The number of thiocarbonyl (C=S) groups is 1. The van der Waals surface area contributed by atoms with E-state index in [2.05, 4.69) is 5.32 Å². The van der Waals surface area contributed by atoms with Crippen molar-refractivity contribution in [1.29, 1.82) is 0 Å². The summed E-state index contributed by atoms with van der Waals surface area (Å²) in [6.45, 7) is 2.93. The van der Waals surface area contributed by atoms with Crippen molar-refractivity contribution in [1.82, 2.24) is 10.2 Å². The average Bonchev–Trinajstić information content (AvgIpc) is 2.76. The van der Waals surface area contributed by atoms with Crippen molar-refractivity contribution in [2.24, 2.45) is 0 Å². The van der Waals surface area contributed by atoms with Gasteiger partial charge in [-0.25, -0.2) is 0 Å². The highest BCUT2D eigenvalue weighted by molar-refractivity contribution is 7.80. The molecule has 0 saturated carbocycles. The summed E-state index contributed by atoms with van der Waals surface area (Å²) in [6.07, 6.45) is 2.31. The average molecular weight is 423 g/mol. The van der Waals surface area contributed by atoms with Crippen LogP contribution < -0.4 is 14.8 Å². The van der Waals surface area contributed by atoms with E-state index in [0.717, 1.165) is 35.2 Å². The van der Waals surface area contributed by atoms with Gasteiger partial charge in [-0.15, -0.1) is 0 Å². The summed E-state index contributed by atoms with van der Waals surface area (Å²) in [7, 11) is 1.92. The molecule has 5 nitrogen and oxygen atoms in total. The molecule has 1 heterocycles. The smallest absolute Gasteiger partial charge is 0.173 e. The molecule has 0 fully saturated rings. The van der Waals surface area contributed by atoms with E-state index in [1.165, 1.54) is 0 Å². The third-order valence-corrected chi connectivity index (χ3v) is 5.92. The van der Waals surface area contributed by atoms with E-state index in [4.69, 9.17) is 21.7 Å². The molecule has 1 aliphatic carbocycles. The van der Waals surface area contributed by atoms with Crippen molar-refractivity contribution >= 4 is 23.1 Å². The summed E-state index contributed by atoms with van der Waals surface area (Å²) in [4.78, 5) is 14.7. The number of hydrogen-bond acceptors (Lipinski definition) is 4. The summed E-state index contributed by atoms with van der Waals surface area (Å²) in [5, 5.41) is 3.98. The van der Waals surface area contributed by atoms with Crippen LogP contribution in [-0.4, -0.2) is 29.5 Å². The molecule has 156 valence electrons. The first-order valence-electron chi connectivity index (χ1n) is 10.3. The summed E-state index contributed by atoms with van der Waals surface area (Å²) in [5.74, 6) is 1.54. The van der Waals surface area contributed by atoms with Gasteiger partial charge >= 0.3 is 0 Å². The van der Waals surface area contributed by atoms with Crippen LogP contribution in [0.15, 0.2) is 59.8 Å². The number of carbonyl (C=O) groups is 1. The first kappa shape index (κ1) is 20.4. The monoisotopic (exact) mass is 422 g/mol. The molecule has 0 amide bonds. The van der Waals surface area contributed by atoms with E-state index in [0.29, 0.717) is 36.2 Å². The first-order chi connectivity index (χ1) is 14.6. The maximum atomic E-state index is 12.8. The Kier molecular flexibility index (Phi) is 6.04. The largest absolute Gasteiger partial charge is 0.490 e. The van der Waals surface area contributed by atoms with Crippen LogP contribution in [0.4, 0.5) is 0 Å². The highest BCUT2D eigenvalue weighted by atomic mass is 32.1. The van der Waals surface area contributed by atoms with Gasteiger partial charge in [0.05, 0.1) is 12.6 Å². The van der Waals surface area contributed by atoms with Gasteiger partial charge in [0.25, 0.3) is 0 Å². The fourth-order valence-corrected chi connectivity index (χ4v) is 4.24. The molecule has 1 atom stereocenters. The standard InChI is InChI=1S/C24H26N2O3S/c1-3-28-21-14-17(12-13-20(21)29-15-16-8-5-4-6-9-16)23-22-18(10-7-11-19(22)27)26(2)24(30)25-23/h4-6,8-9,12-14,23H,3,7,10-11,15H2,1-2H3,(H,25,30). The second-order valence-electron chi connectivity index (χ2n) is 7.49. The minimum Gasteiger partial charge on any atom is -0.490 e. The van der Waals surface area contributed by atoms with Crippen LogP contribution in [-0.2, 0) is 11.4 Å². The predicted molar refractivity (Wildman–Crippen MR) is 121 cm³/mol. The number of Topliss-reactive ketones (excluding diaryl/α,β-unsaturated/α-hetero) is 1. The number of benzene rings is 2. The molecule has 2 aliphatic rings. The Balaban J connectivity index is 1.65. The number of ether oxygens (including phenoxy) is 2. The lowest BCUT2D eigenvalue weighted by Crippen LogP contribution is -2.47. The minimum absolute atomic E-state index is 0.186. The molecule has 2 aromatic carbocycles. The molecule has 1 aliphatic heterocycles. The van der Waals surface area contributed by atoms with Gasteiger partial charge in [-0.05, 0) is 55.2 Å². The topological polar surface area (TPSA) is 50.8 Å². The van der Waals surface area contributed by atoms with Gasteiger partial charge < -0.3 is 19.7 Å². The molecule has 0 saturated heterocycles. The quantitative estimate of drug-likeness (QED) is 0.690. The Morgan fingerprint density at radius 2 is 1.90 bits per heavy atom. The Hall–Kier alpha value is -2.86. The van der Waals surface area contributed by atoms with Gasteiger partial charge in [-0.3, -0.25) is 4.79 Å². The third kappa shape index (κ3) is 4.05. The van der Waals surface area contributed by atoms with Crippen molar-refractivity contribution in [3.05, 3.63) is 70.9 Å². The molecule has 4 rings (SSSR count). The zero-order valence-electron chi connectivity index (χ0n) is 17.3. The molecule has 1 N–H and O–H groups in total. The van der Waals surface area contributed by atoms with Crippen LogP contribution in [0.25, 0.3) is 0 Å². The number of carbonyl (C=O) groups excluding carboxylic acids is 1. The van der Waals surface area contributed by atoms with E-state index < -0.39 is 0 Å². The third-order valence-electron chi connectivity index (χ3n) is 5.53. The van der Waals surface area contributed by atoms with Gasteiger partial charge in [-0.1, -0.05) is 36.4 Å². The molecule has 0 bridgehead atoms. The minimum atomic E-state index is -0.265. The first-order valence-corrected chi connectivity index (χ1v) is 10.7. The fraction of sp³-hybridized carbons (Fsp3) is 0.333. The number of rotatable bonds is 6. The van der Waals surface area contributed by atoms with Gasteiger partial charge in [0.2, 0.25) is 0 Å². The van der Waals surface area contributed by atoms with E-state index in [9.17, 15) is 4.79 Å². The Morgan fingerprint density at radius 3 is 2.67 bits per heavy atom. The molecule has 0 radical (unpaired) electrons. The van der Waals surface area contributed by atoms with Crippen LogP contribution in [0.3, 0.4) is 0 Å². The Labute approximate surface area is 182 Å². The number of hydrogen-bond donors (Lipinski definition) is 1. The van der Waals surface area contributed by atoms with Crippen LogP contribution >= 0.6 is 12.2 Å².